The van der Waals surface area contributed by atoms with Crippen LogP contribution in [0, 0.1) is 5.41 Å². The molecular formula is C11H26N2O2S. The van der Waals surface area contributed by atoms with E-state index < -0.39 is 9.84 Å². The van der Waals surface area contributed by atoms with Crippen LogP contribution in [0.1, 0.15) is 20.8 Å². The summed E-state index contributed by atoms with van der Waals surface area (Å²) in [4.78, 5) is 2.14. The number of sulfone groups is 1. The van der Waals surface area contributed by atoms with Crippen molar-refractivity contribution in [3.05, 3.63) is 0 Å². The van der Waals surface area contributed by atoms with Gasteiger partial charge < -0.3 is 10.2 Å². The minimum atomic E-state index is -2.83. The highest BCUT2D eigenvalue weighted by Crippen LogP contribution is 2.13. The fourth-order valence-electron chi connectivity index (χ4n) is 1.71. The van der Waals surface area contributed by atoms with Crippen LogP contribution in [-0.2, 0) is 9.84 Å². The lowest BCUT2D eigenvalue weighted by Gasteiger charge is -2.28. The third-order valence-electron chi connectivity index (χ3n) is 2.38. The quantitative estimate of drug-likeness (QED) is 0.641. The molecule has 5 heteroatoms. The Morgan fingerprint density at radius 2 is 1.81 bits per heavy atom. The van der Waals surface area contributed by atoms with Gasteiger partial charge in [0.2, 0.25) is 0 Å². The number of rotatable bonds is 8. The summed E-state index contributed by atoms with van der Waals surface area (Å²) < 4.78 is 22.5. The normalized spacial score (nSPS) is 13.4. The number of nitrogens with one attached hydrogen (secondary N) is 1. The molecule has 0 amide bonds. The Kier molecular flexibility index (Phi) is 6.51. The summed E-state index contributed by atoms with van der Waals surface area (Å²) in [7, 11) is 1.26. The summed E-state index contributed by atoms with van der Waals surface area (Å²) in [6.07, 6.45) is 0. The Labute approximate surface area is 100 Å². The molecule has 0 rings (SSSR count). The molecule has 0 aliphatic carbocycles. The van der Waals surface area contributed by atoms with E-state index in [0.717, 1.165) is 13.1 Å². The number of nitrogens with zero attached hydrogens (tertiary/aromatic N) is 1. The first-order valence-corrected chi connectivity index (χ1v) is 7.56. The molecule has 98 valence electrons. The van der Waals surface area contributed by atoms with E-state index in [9.17, 15) is 8.42 Å². The average Bonchev–Trinajstić information content (AvgIpc) is 2.11. The van der Waals surface area contributed by atoms with E-state index in [1.807, 2.05) is 14.1 Å². The van der Waals surface area contributed by atoms with Gasteiger partial charge in [-0.1, -0.05) is 20.8 Å². The molecule has 0 unspecified atom stereocenters. The monoisotopic (exact) mass is 250 g/mol. The maximum absolute atomic E-state index is 11.3. The molecule has 0 aromatic carbocycles. The Hall–Kier alpha value is -0.130. The molecule has 16 heavy (non-hydrogen) atoms. The van der Waals surface area contributed by atoms with Crippen molar-refractivity contribution < 1.29 is 8.42 Å². The van der Waals surface area contributed by atoms with Gasteiger partial charge in [0.1, 0.15) is 0 Å². The first kappa shape index (κ1) is 15.9. The van der Waals surface area contributed by atoms with Crippen molar-refractivity contribution in [2.45, 2.75) is 20.8 Å². The molecule has 0 radical (unpaired) electrons. The molecule has 0 saturated carbocycles. The van der Waals surface area contributed by atoms with E-state index in [4.69, 9.17) is 0 Å². The lowest BCUT2D eigenvalue weighted by atomic mass is 9.93. The highest BCUT2D eigenvalue weighted by molar-refractivity contribution is 7.91. The van der Waals surface area contributed by atoms with Crippen LogP contribution in [0.5, 0.6) is 0 Å². The molecule has 0 aliphatic rings. The minimum Gasteiger partial charge on any atom is -0.315 e. The van der Waals surface area contributed by atoms with E-state index in [-0.39, 0.29) is 16.9 Å². The van der Waals surface area contributed by atoms with E-state index in [1.165, 1.54) is 0 Å². The molecule has 1 N–H and O–H groups in total. The summed E-state index contributed by atoms with van der Waals surface area (Å²) in [5.41, 5.74) is 0.166. The van der Waals surface area contributed by atoms with Crippen molar-refractivity contribution >= 4 is 9.84 Å². The third kappa shape index (κ3) is 8.07. The van der Waals surface area contributed by atoms with Crippen LogP contribution in [-0.4, -0.2) is 58.6 Å². The summed E-state index contributed by atoms with van der Waals surface area (Å²) in [5.74, 6) is 0.470. The van der Waals surface area contributed by atoms with Gasteiger partial charge in [0.15, 0.2) is 9.84 Å². The van der Waals surface area contributed by atoms with Crippen LogP contribution < -0.4 is 5.32 Å². The van der Waals surface area contributed by atoms with Crippen molar-refractivity contribution in [2.75, 3.05) is 45.2 Å². The van der Waals surface area contributed by atoms with Crippen LogP contribution in [0.4, 0.5) is 0 Å². The van der Waals surface area contributed by atoms with Gasteiger partial charge in [0, 0.05) is 25.4 Å². The molecule has 0 heterocycles. The Morgan fingerprint density at radius 3 is 2.25 bits per heavy atom. The maximum Gasteiger partial charge on any atom is 0.151 e. The molecule has 0 fully saturated rings. The smallest absolute Gasteiger partial charge is 0.151 e. The van der Waals surface area contributed by atoms with Crippen molar-refractivity contribution in [1.29, 1.82) is 0 Å². The SMILES string of the molecule is CCS(=O)(=O)CCNCC(C)(C)CN(C)C. The predicted molar refractivity (Wildman–Crippen MR) is 69.5 cm³/mol. The van der Waals surface area contributed by atoms with Gasteiger partial charge in [-0.05, 0) is 19.5 Å². The zero-order valence-corrected chi connectivity index (χ0v) is 12.0. The first-order valence-electron chi connectivity index (χ1n) is 5.74. The highest BCUT2D eigenvalue weighted by Gasteiger charge is 2.18. The zero-order valence-electron chi connectivity index (χ0n) is 11.2. The van der Waals surface area contributed by atoms with Crippen LogP contribution in [0.15, 0.2) is 0 Å². The van der Waals surface area contributed by atoms with Crippen LogP contribution in [0.2, 0.25) is 0 Å². The molecule has 0 atom stereocenters. The third-order valence-corrected chi connectivity index (χ3v) is 4.08. The molecule has 0 saturated heterocycles. The molecule has 0 aliphatic heterocycles. The molecule has 0 aromatic heterocycles. The highest BCUT2D eigenvalue weighted by atomic mass is 32.2. The van der Waals surface area contributed by atoms with Crippen molar-refractivity contribution in [1.82, 2.24) is 10.2 Å². The summed E-state index contributed by atoms with van der Waals surface area (Å²) in [6, 6.07) is 0. The van der Waals surface area contributed by atoms with Gasteiger partial charge in [-0.25, -0.2) is 8.42 Å². The largest absolute Gasteiger partial charge is 0.315 e. The van der Waals surface area contributed by atoms with E-state index >= 15 is 0 Å². The van der Waals surface area contributed by atoms with Gasteiger partial charge in [0.25, 0.3) is 0 Å². The lowest BCUT2D eigenvalue weighted by Crippen LogP contribution is -2.39. The van der Waals surface area contributed by atoms with Gasteiger partial charge in [0.05, 0.1) is 5.75 Å². The maximum atomic E-state index is 11.3. The Morgan fingerprint density at radius 1 is 1.25 bits per heavy atom. The lowest BCUT2D eigenvalue weighted by molar-refractivity contribution is 0.234. The summed E-state index contributed by atoms with van der Waals surface area (Å²) in [5, 5.41) is 3.22. The second-order valence-electron chi connectivity index (χ2n) is 5.32. The van der Waals surface area contributed by atoms with Gasteiger partial charge in [-0.2, -0.15) is 0 Å². The van der Waals surface area contributed by atoms with Crippen molar-refractivity contribution in [3.8, 4) is 0 Å². The van der Waals surface area contributed by atoms with Crippen LogP contribution in [0.3, 0.4) is 0 Å². The second-order valence-corrected chi connectivity index (χ2v) is 7.79. The van der Waals surface area contributed by atoms with Gasteiger partial charge in [-0.15, -0.1) is 0 Å². The molecule has 4 nitrogen and oxygen atoms in total. The molecule has 0 aromatic rings. The minimum absolute atomic E-state index is 0.166. The summed E-state index contributed by atoms with van der Waals surface area (Å²) >= 11 is 0. The Balaban J connectivity index is 3.82. The van der Waals surface area contributed by atoms with Gasteiger partial charge in [-0.3, -0.25) is 0 Å². The number of hydrogen-bond acceptors (Lipinski definition) is 4. The fraction of sp³-hybridized carbons (Fsp3) is 1.00. The standard InChI is InChI=1S/C11H26N2O2S/c1-6-16(14,15)8-7-12-9-11(2,3)10-13(4)5/h12H,6-10H2,1-5H3. The van der Waals surface area contributed by atoms with E-state index in [1.54, 1.807) is 6.92 Å². The average molecular weight is 250 g/mol. The van der Waals surface area contributed by atoms with Crippen LogP contribution in [0.25, 0.3) is 0 Å². The summed E-state index contributed by atoms with van der Waals surface area (Å²) in [6.45, 7) is 8.41. The molecule has 0 bridgehead atoms. The fourth-order valence-corrected chi connectivity index (χ4v) is 2.45. The van der Waals surface area contributed by atoms with E-state index in [2.05, 4.69) is 24.1 Å². The van der Waals surface area contributed by atoms with Crippen LogP contribution >= 0.6 is 0 Å². The first-order chi connectivity index (χ1) is 7.18. The Bertz CT molecular complexity index is 284. The van der Waals surface area contributed by atoms with E-state index in [0.29, 0.717) is 6.54 Å². The zero-order chi connectivity index (χ0) is 12.8. The molecule has 0 spiro atoms. The van der Waals surface area contributed by atoms with Gasteiger partial charge >= 0.3 is 0 Å². The van der Waals surface area contributed by atoms with Crippen molar-refractivity contribution in [2.24, 2.45) is 5.41 Å². The molecular weight excluding hydrogens is 224 g/mol. The topological polar surface area (TPSA) is 49.4 Å². The predicted octanol–water partition coefficient (Wildman–Crippen LogP) is 0.599. The second kappa shape index (κ2) is 6.57. The number of hydrogen-bond donors (Lipinski definition) is 1. The van der Waals surface area contributed by atoms with Crippen molar-refractivity contribution in [3.63, 3.8) is 0 Å².